The highest BCUT2D eigenvalue weighted by atomic mass is 16.7. The van der Waals surface area contributed by atoms with Gasteiger partial charge in [0.2, 0.25) is 0 Å². The van der Waals surface area contributed by atoms with Gasteiger partial charge in [-0.25, -0.2) is 0 Å². The van der Waals surface area contributed by atoms with Crippen molar-refractivity contribution in [3.05, 3.63) is 0 Å². The van der Waals surface area contributed by atoms with E-state index in [1.54, 1.807) is 7.11 Å². The molecule has 8 N–H and O–H groups in total. The summed E-state index contributed by atoms with van der Waals surface area (Å²) in [5, 5.41) is 80.9. The summed E-state index contributed by atoms with van der Waals surface area (Å²) in [4.78, 5) is 0. The van der Waals surface area contributed by atoms with Gasteiger partial charge in [-0.05, 0) is 104 Å². The van der Waals surface area contributed by atoms with E-state index in [9.17, 15) is 40.9 Å². The zero-order valence-corrected chi connectivity index (χ0v) is 32.7. The van der Waals surface area contributed by atoms with Crippen LogP contribution in [0.3, 0.4) is 0 Å². The molecule has 54 heavy (non-hydrogen) atoms. The molecule has 3 saturated heterocycles. The lowest BCUT2D eigenvalue weighted by Gasteiger charge is -2.61. The first kappa shape index (κ1) is 41.6. The second kappa shape index (κ2) is 15.9. The van der Waals surface area contributed by atoms with Crippen molar-refractivity contribution in [1.82, 2.24) is 0 Å². The van der Waals surface area contributed by atoms with Gasteiger partial charge in [-0.1, -0.05) is 27.7 Å². The average molecular weight is 773 g/mol. The molecule has 312 valence electrons. The number of ether oxygens (including phenoxy) is 6. The van der Waals surface area contributed by atoms with Crippen LogP contribution in [-0.2, 0) is 28.4 Å². The zero-order valence-electron chi connectivity index (χ0n) is 32.7. The molecule has 0 bridgehead atoms. The van der Waals surface area contributed by atoms with Gasteiger partial charge in [-0.2, -0.15) is 0 Å². The first-order chi connectivity index (χ1) is 25.6. The second-order valence-corrected chi connectivity index (χ2v) is 18.8. The van der Waals surface area contributed by atoms with Gasteiger partial charge in [-0.3, -0.25) is 0 Å². The van der Waals surface area contributed by atoms with Crippen molar-refractivity contribution < 1.29 is 69.3 Å². The van der Waals surface area contributed by atoms with Gasteiger partial charge in [0.05, 0.1) is 32.0 Å². The Labute approximate surface area is 319 Å². The van der Waals surface area contributed by atoms with Crippen molar-refractivity contribution in [2.45, 2.75) is 171 Å². The fraction of sp³-hybridized carbons (Fsp3) is 1.00. The summed E-state index contributed by atoms with van der Waals surface area (Å²) >= 11 is 0. The highest BCUT2D eigenvalue weighted by Gasteiger charge is 2.68. The highest BCUT2D eigenvalue weighted by molar-refractivity contribution is 5.15. The summed E-state index contributed by atoms with van der Waals surface area (Å²) in [5.41, 5.74) is 0.337. The largest absolute Gasteiger partial charge is 0.394 e. The van der Waals surface area contributed by atoms with E-state index in [0.717, 1.165) is 44.9 Å². The quantitative estimate of drug-likeness (QED) is 0.138. The molecular formula is C40H68O14. The normalized spacial score (nSPS) is 55.1. The first-order valence-corrected chi connectivity index (χ1v) is 20.7. The molecule has 0 amide bonds. The van der Waals surface area contributed by atoms with Crippen LogP contribution in [0.5, 0.6) is 0 Å². The molecule has 7 aliphatic rings. The Morgan fingerprint density at radius 3 is 2.02 bits per heavy atom. The molecular weight excluding hydrogens is 704 g/mol. The standard InChI is InChI=1S/C40H68O14/c1-19(18-50-36-34(47)32(45)30(43)27(16-41)52-36)8-13-40(49-5)20(2)29-26(54-40)15-25-23-7-6-21-14-22(9-11-38(21,3)24(23)10-12-39(25,29)4)51-37-35(48)33(46)31(44)28(17-42)53-37/h19-37,41-48H,6-18H2,1-5H3/t19-,20-,21+,22-,23+,24-,25-,26-,27+,28+,29-,30+,31+,32-,33-,34+,35+,36+,37+,38-,39-,40+/m0/s1. The fourth-order valence-electron chi connectivity index (χ4n) is 13.0. The van der Waals surface area contributed by atoms with Gasteiger partial charge in [0.1, 0.15) is 48.8 Å². The third-order valence-corrected chi connectivity index (χ3v) is 16.2. The second-order valence-electron chi connectivity index (χ2n) is 18.8. The number of hydrogen-bond donors (Lipinski definition) is 8. The van der Waals surface area contributed by atoms with E-state index in [-0.39, 0.29) is 41.5 Å². The molecule has 4 saturated carbocycles. The van der Waals surface area contributed by atoms with Gasteiger partial charge in [-0.15, -0.1) is 0 Å². The van der Waals surface area contributed by atoms with Crippen LogP contribution in [0.1, 0.15) is 91.9 Å². The van der Waals surface area contributed by atoms with Gasteiger partial charge in [0.25, 0.3) is 0 Å². The molecule has 14 nitrogen and oxygen atoms in total. The predicted molar refractivity (Wildman–Crippen MR) is 191 cm³/mol. The molecule has 0 aromatic carbocycles. The Kier molecular flexibility index (Phi) is 12.2. The summed E-state index contributed by atoms with van der Waals surface area (Å²) < 4.78 is 36.7. The summed E-state index contributed by atoms with van der Waals surface area (Å²) in [7, 11) is 1.75. The van der Waals surface area contributed by atoms with Gasteiger partial charge in [0.15, 0.2) is 18.4 Å². The van der Waals surface area contributed by atoms with Crippen molar-refractivity contribution in [3.8, 4) is 0 Å². The predicted octanol–water partition coefficient (Wildman–Crippen LogP) is 1.05. The van der Waals surface area contributed by atoms with Crippen molar-refractivity contribution >= 4 is 0 Å². The molecule has 14 heteroatoms. The van der Waals surface area contributed by atoms with Crippen LogP contribution >= 0.6 is 0 Å². The van der Waals surface area contributed by atoms with Crippen molar-refractivity contribution in [2.24, 2.45) is 52.3 Å². The van der Waals surface area contributed by atoms with E-state index in [1.165, 1.54) is 12.8 Å². The lowest BCUT2D eigenvalue weighted by molar-refractivity contribution is -0.316. The van der Waals surface area contributed by atoms with Crippen LogP contribution in [0.25, 0.3) is 0 Å². The van der Waals surface area contributed by atoms with Gasteiger partial charge >= 0.3 is 0 Å². The Morgan fingerprint density at radius 2 is 1.37 bits per heavy atom. The third kappa shape index (κ3) is 6.93. The highest BCUT2D eigenvalue weighted by Crippen LogP contribution is 2.71. The molecule has 0 unspecified atom stereocenters. The van der Waals surface area contributed by atoms with Crippen molar-refractivity contribution in [1.29, 1.82) is 0 Å². The fourth-order valence-corrected chi connectivity index (χ4v) is 13.0. The zero-order chi connectivity index (χ0) is 38.9. The summed E-state index contributed by atoms with van der Waals surface area (Å²) in [6.45, 7) is 8.66. The SMILES string of the molecule is CO[C@]1(CC[C@H](C)CO[C@@H]2O[C@H](CO)[C@@H](O)[C@H](O)[C@H]2O)O[C@H]2C[C@H]3[C@@H]4CC[C@@H]5C[C@@H](O[C@@H]6O[C@H](CO)[C@@H](O)[C@H](O)[C@H]6O)CC[C@]5(C)[C@H]4CC[C@]3(C)[C@H]2[C@@H]1C. The Morgan fingerprint density at radius 1 is 0.741 bits per heavy atom. The van der Waals surface area contributed by atoms with E-state index < -0.39 is 80.4 Å². The molecule has 7 fully saturated rings. The monoisotopic (exact) mass is 772 g/mol. The maximum atomic E-state index is 10.6. The molecule has 0 aromatic rings. The van der Waals surface area contributed by atoms with Crippen molar-refractivity contribution in [3.63, 3.8) is 0 Å². The number of rotatable bonds is 11. The lowest BCUT2D eigenvalue weighted by Crippen LogP contribution is -2.60. The third-order valence-electron chi connectivity index (χ3n) is 16.2. The number of hydrogen-bond acceptors (Lipinski definition) is 14. The molecule has 7 rings (SSSR count). The van der Waals surface area contributed by atoms with E-state index in [2.05, 4.69) is 27.7 Å². The van der Waals surface area contributed by atoms with Gasteiger partial charge < -0.3 is 69.3 Å². The first-order valence-electron chi connectivity index (χ1n) is 20.7. The van der Waals surface area contributed by atoms with E-state index >= 15 is 0 Å². The minimum atomic E-state index is -1.47. The topological polar surface area (TPSA) is 217 Å². The maximum Gasteiger partial charge on any atom is 0.186 e. The summed E-state index contributed by atoms with van der Waals surface area (Å²) in [6.07, 6.45) is -2.91. The molecule has 4 aliphatic carbocycles. The Bertz CT molecular complexity index is 1270. The Balaban J connectivity index is 0.946. The molecule has 3 heterocycles. The maximum absolute atomic E-state index is 10.6. The van der Waals surface area contributed by atoms with Crippen LogP contribution < -0.4 is 0 Å². The van der Waals surface area contributed by atoms with Crippen LogP contribution in [-0.4, -0.2) is 147 Å². The van der Waals surface area contributed by atoms with Crippen molar-refractivity contribution in [2.75, 3.05) is 26.9 Å². The van der Waals surface area contributed by atoms with Crippen LogP contribution in [0.15, 0.2) is 0 Å². The van der Waals surface area contributed by atoms with Crippen LogP contribution in [0.2, 0.25) is 0 Å². The van der Waals surface area contributed by atoms with E-state index in [0.29, 0.717) is 36.0 Å². The minimum Gasteiger partial charge on any atom is -0.394 e. The lowest BCUT2D eigenvalue weighted by atomic mass is 9.44. The average Bonchev–Trinajstić information content (AvgIpc) is 3.62. The minimum absolute atomic E-state index is 0.0630. The van der Waals surface area contributed by atoms with Gasteiger partial charge in [0, 0.05) is 19.4 Å². The van der Waals surface area contributed by atoms with E-state index in [1.807, 2.05) is 0 Å². The smallest absolute Gasteiger partial charge is 0.186 e. The van der Waals surface area contributed by atoms with Crippen LogP contribution in [0, 0.1) is 52.3 Å². The molecule has 0 radical (unpaired) electrons. The summed E-state index contributed by atoms with van der Waals surface area (Å²) in [6, 6.07) is 0. The van der Waals surface area contributed by atoms with E-state index in [4.69, 9.17) is 28.4 Å². The number of methoxy groups -OCH3 is 1. The Hall–Kier alpha value is -0.560. The van der Waals surface area contributed by atoms with Crippen LogP contribution in [0.4, 0.5) is 0 Å². The number of aliphatic hydroxyl groups is 8. The number of aliphatic hydroxyl groups excluding tert-OH is 8. The summed E-state index contributed by atoms with van der Waals surface area (Å²) in [5.74, 6) is 2.25. The molecule has 0 spiro atoms. The molecule has 0 aromatic heterocycles. The molecule has 3 aliphatic heterocycles. The number of fused-ring (bicyclic) bond motifs is 7. The molecule has 22 atom stereocenters.